The van der Waals surface area contributed by atoms with Gasteiger partial charge in [0.1, 0.15) is 12.4 Å². The van der Waals surface area contributed by atoms with Crippen LogP contribution in [0.5, 0.6) is 5.75 Å². The van der Waals surface area contributed by atoms with Crippen LogP contribution in [0.1, 0.15) is 28.8 Å². The molecule has 1 aliphatic rings. The van der Waals surface area contributed by atoms with Crippen molar-refractivity contribution < 1.29 is 14.3 Å². The van der Waals surface area contributed by atoms with Crippen LogP contribution in [0.2, 0.25) is 0 Å². The maximum atomic E-state index is 12.3. The lowest BCUT2D eigenvalue weighted by atomic mass is 10.1. The summed E-state index contributed by atoms with van der Waals surface area (Å²) in [4.78, 5) is 12.3. The van der Waals surface area contributed by atoms with E-state index in [9.17, 15) is 4.79 Å². The largest absolute Gasteiger partial charge is 0.489 e. The van der Waals surface area contributed by atoms with Crippen LogP contribution in [-0.4, -0.2) is 25.2 Å². The highest BCUT2D eigenvalue weighted by molar-refractivity contribution is 6.05. The molecule has 0 spiro atoms. The fourth-order valence-corrected chi connectivity index (χ4v) is 2.55. The second-order valence-corrected chi connectivity index (χ2v) is 5.76. The van der Waals surface area contributed by atoms with Gasteiger partial charge in [0.15, 0.2) is 0 Å². The molecule has 23 heavy (non-hydrogen) atoms. The average Bonchev–Trinajstić information content (AvgIpc) is 3.08. The van der Waals surface area contributed by atoms with Gasteiger partial charge < -0.3 is 14.8 Å². The molecule has 1 N–H and O–H groups in total. The number of hydrogen-bond donors (Lipinski definition) is 1. The van der Waals surface area contributed by atoms with E-state index in [1.165, 1.54) is 0 Å². The Morgan fingerprint density at radius 2 is 2.00 bits per heavy atom. The Morgan fingerprint density at radius 1 is 1.22 bits per heavy atom. The summed E-state index contributed by atoms with van der Waals surface area (Å²) in [6.07, 6.45) is 2.26. The van der Waals surface area contributed by atoms with Gasteiger partial charge in [-0.15, -0.1) is 0 Å². The van der Waals surface area contributed by atoms with E-state index >= 15 is 0 Å². The Morgan fingerprint density at radius 3 is 2.74 bits per heavy atom. The zero-order chi connectivity index (χ0) is 16.1. The van der Waals surface area contributed by atoms with Crippen molar-refractivity contribution >= 4 is 11.6 Å². The van der Waals surface area contributed by atoms with Gasteiger partial charge in [0, 0.05) is 12.2 Å². The van der Waals surface area contributed by atoms with E-state index in [1.54, 1.807) is 0 Å². The minimum atomic E-state index is -0.141. The summed E-state index contributed by atoms with van der Waals surface area (Å²) in [5, 5.41) is 2.92. The molecule has 1 aliphatic heterocycles. The summed E-state index contributed by atoms with van der Waals surface area (Å²) >= 11 is 0. The van der Waals surface area contributed by atoms with Gasteiger partial charge in [0.2, 0.25) is 0 Å². The lowest BCUT2D eigenvalue weighted by Crippen LogP contribution is -2.18. The zero-order valence-electron chi connectivity index (χ0n) is 13.2. The molecule has 0 aliphatic carbocycles. The van der Waals surface area contributed by atoms with Crippen LogP contribution in [0.25, 0.3) is 0 Å². The molecule has 0 saturated carbocycles. The monoisotopic (exact) mass is 311 g/mol. The Balaban J connectivity index is 1.67. The molecule has 120 valence electrons. The molecule has 0 radical (unpaired) electrons. The van der Waals surface area contributed by atoms with Crippen molar-refractivity contribution in [3.8, 4) is 5.75 Å². The van der Waals surface area contributed by atoms with Gasteiger partial charge in [-0.3, -0.25) is 4.79 Å². The Bertz CT molecular complexity index is 661. The van der Waals surface area contributed by atoms with Crippen molar-refractivity contribution in [3.63, 3.8) is 0 Å². The first-order chi connectivity index (χ1) is 11.2. The predicted molar refractivity (Wildman–Crippen MR) is 90.0 cm³/mol. The first-order valence-corrected chi connectivity index (χ1v) is 7.94. The standard InChI is InChI=1S/C19H21NO3/c1-14-8-10-15(11-9-14)19(21)20-17-6-2-3-7-18(17)23-13-16-5-4-12-22-16/h2-3,6-11,16H,4-5,12-13H2,1H3,(H,20,21). The summed E-state index contributed by atoms with van der Waals surface area (Å²) in [5.41, 5.74) is 2.43. The van der Waals surface area contributed by atoms with E-state index in [4.69, 9.17) is 9.47 Å². The SMILES string of the molecule is Cc1ccc(C(=O)Nc2ccccc2OCC2CCCO2)cc1. The second-order valence-electron chi connectivity index (χ2n) is 5.76. The number of aryl methyl sites for hydroxylation is 1. The number of nitrogens with one attached hydrogen (secondary N) is 1. The smallest absolute Gasteiger partial charge is 0.255 e. The number of rotatable bonds is 5. The van der Waals surface area contributed by atoms with Crippen molar-refractivity contribution in [2.75, 3.05) is 18.5 Å². The normalized spacial score (nSPS) is 17.0. The molecule has 1 unspecified atom stereocenters. The second kappa shape index (κ2) is 7.29. The third-order valence-electron chi connectivity index (χ3n) is 3.90. The minimum absolute atomic E-state index is 0.141. The van der Waals surface area contributed by atoms with E-state index in [1.807, 2.05) is 55.5 Å². The number of para-hydroxylation sites is 2. The first-order valence-electron chi connectivity index (χ1n) is 7.94. The van der Waals surface area contributed by atoms with E-state index in [0.29, 0.717) is 23.6 Å². The molecule has 4 heteroatoms. The van der Waals surface area contributed by atoms with E-state index in [0.717, 1.165) is 25.0 Å². The van der Waals surface area contributed by atoms with Crippen LogP contribution in [0.15, 0.2) is 48.5 Å². The molecule has 4 nitrogen and oxygen atoms in total. The van der Waals surface area contributed by atoms with Crippen LogP contribution in [0.3, 0.4) is 0 Å². The summed E-state index contributed by atoms with van der Waals surface area (Å²) in [6, 6.07) is 15.0. The highest BCUT2D eigenvalue weighted by Crippen LogP contribution is 2.25. The molecule has 2 aromatic carbocycles. The number of ether oxygens (including phenoxy) is 2. The molecule has 2 aromatic rings. The third kappa shape index (κ3) is 4.11. The van der Waals surface area contributed by atoms with Crippen molar-refractivity contribution in [2.24, 2.45) is 0 Å². The van der Waals surface area contributed by atoms with Gasteiger partial charge in [0.25, 0.3) is 5.91 Å². The lowest BCUT2D eigenvalue weighted by Gasteiger charge is -2.15. The Kier molecular flexibility index (Phi) is 4.93. The van der Waals surface area contributed by atoms with E-state index in [-0.39, 0.29) is 12.0 Å². The van der Waals surface area contributed by atoms with Gasteiger partial charge in [-0.2, -0.15) is 0 Å². The summed E-state index contributed by atoms with van der Waals surface area (Å²) in [5.74, 6) is 0.529. The number of carbonyl (C=O) groups excluding carboxylic acids is 1. The number of carbonyl (C=O) groups is 1. The van der Waals surface area contributed by atoms with Gasteiger partial charge in [-0.1, -0.05) is 29.8 Å². The zero-order valence-corrected chi connectivity index (χ0v) is 13.2. The molecule has 1 amide bonds. The summed E-state index contributed by atoms with van der Waals surface area (Å²) < 4.78 is 11.4. The third-order valence-corrected chi connectivity index (χ3v) is 3.90. The van der Waals surface area contributed by atoms with Crippen LogP contribution < -0.4 is 10.1 Å². The van der Waals surface area contributed by atoms with E-state index < -0.39 is 0 Å². The Hall–Kier alpha value is -2.33. The molecular formula is C19H21NO3. The average molecular weight is 311 g/mol. The molecule has 1 fully saturated rings. The molecule has 3 rings (SSSR count). The fourth-order valence-electron chi connectivity index (χ4n) is 2.55. The predicted octanol–water partition coefficient (Wildman–Crippen LogP) is 3.81. The lowest BCUT2D eigenvalue weighted by molar-refractivity contribution is 0.0682. The fraction of sp³-hybridized carbons (Fsp3) is 0.316. The number of hydrogen-bond acceptors (Lipinski definition) is 3. The van der Waals surface area contributed by atoms with E-state index in [2.05, 4.69) is 5.32 Å². The van der Waals surface area contributed by atoms with Crippen LogP contribution in [-0.2, 0) is 4.74 Å². The number of amides is 1. The highest BCUT2D eigenvalue weighted by atomic mass is 16.5. The summed E-state index contributed by atoms with van der Waals surface area (Å²) in [7, 11) is 0. The van der Waals surface area contributed by atoms with Gasteiger partial charge in [-0.25, -0.2) is 0 Å². The van der Waals surface area contributed by atoms with Crippen LogP contribution in [0, 0.1) is 6.92 Å². The molecule has 1 heterocycles. The topological polar surface area (TPSA) is 47.6 Å². The van der Waals surface area contributed by atoms with Crippen molar-refractivity contribution in [1.29, 1.82) is 0 Å². The summed E-state index contributed by atoms with van der Waals surface area (Å²) in [6.45, 7) is 3.31. The minimum Gasteiger partial charge on any atom is -0.489 e. The molecule has 1 atom stereocenters. The molecule has 1 saturated heterocycles. The van der Waals surface area contributed by atoms with Crippen molar-refractivity contribution in [3.05, 3.63) is 59.7 Å². The van der Waals surface area contributed by atoms with Crippen LogP contribution >= 0.6 is 0 Å². The quantitative estimate of drug-likeness (QED) is 0.913. The molecule has 0 bridgehead atoms. The van der Waals surface area contributed by atoms with Gasteiger partial charge in [-0.05, 0) is 44.0 Å². The van der Waals surface area contributed by atoms with Gasteiger partial charge in [0.05, 0.1) is 11.8 Å². The molecular weight excluding hydrogens is 290 g/mol. The maximum Gasteiger partial charge on any atom is 0.255 e. The Labute approximate surface area is 136 Å². The van der Waals surface area contributed by atoms with Crippen molar-refractivity contribution in [2.45, 2.75) is 25.9 Å². The first kappa shape index (κ1) is 15.6. The molecule has 0 aromatic heterocycles. The van der Waals surface area contributed by atoms with Crippen molar-refractivity contribution in [1.82, 2.24) is 0 Å². The number of benzene rings is 2. The van der Waals surface area contributed by atoms with Gasteiger partial charge >= 0.3 is 0 Å². The highest BCUT2D eigenvalue weighted by Gasteiger charge is 2.17. The number of anilines is 1. The van der Waals surface area contributed by atoms with Crippen LogP contribution in [0.4, 0.5) is 5.69 Å². The maximum absolute atomic E-state index is 12.3.